The Morgan fingerprint density at radius 1 is 1.38 bits per heavy atom. The molecule has 1 heterocycles. The third kappa shape index (κ3) is 5.25. The van der Waals surface area contributed by atoms with Gasteiger partial charge in [0.1, 0.15) is 0 Å². The SMILES string of the molecule is CCNC(C)c1ccc(NC(=O)NC2CCCSC2)cc1. The normalized spacial score (nSPS) is 19.8. The minimum atomic E-state index is -0.102. The van der Waals surface area contributed by atoms with Crippen LogP contribution in [0, 0.1) is 0 Å². The summed E-state index contributed by atoms with van der Waals surface area (Å²) >= 11 is 1.91. The fraction of sp³-hybridized carbons (Fsp3) is 0.562. The molecule has 21 heavy (non-hydrogen) atoms. The molecular formula is C16H25N3OS. The van der Waals surface area contributed by atoms with Crippen LogP contribution in [0.2, 0.25) is 0 Å². The third-order valence-electron chi connectivity index (χ3n) is 3.67. The molecule has 3 N–H and O–H groups in total. The molecule has 0 aliphatic carbocycles. The summed E-state index contributed by atoms with van der Waals surface area (Å²) in [7, 11) is 0. The van der Waals surface area contributed by atoms with Crippen molar-refractivity contribution in [3.63, 3.8) is 0 Å². The van der Waals surface area contributed by atoms with Gasteiger partial charge in [-0.15, -0.1) is 0 Å². The van der Waals surface area contributed by atoms with Crippen molar-refractivity contribution in [1.82, 2.24) is 10.6 Å². The molecule has 4 nitrogen and oxygen atoms in total. The highest BCUT2D eigenvalue weighted by atomic mass is 32.2. The van der Waals surface area contributed by atoms with E-state index in [-0.39, 0.29) is 6.03 Å². The number of amides is 2. The van der Waals surface area contributed by atoms with Gasteiger partial charge in [0.15, 0.2) is 0 Å². The van der Waals surface area contributed by atoms with Gasteiger partial charge in [-0.05, 0) is 49.8 Å². The summed E-state index contributed by atoms with van der Waals surface area (Å²) < 4.78 is 0. The van der Waals surface area contributed by atoms with Crippen molar-refractivity contribution >= 4 is 23.5 Å². The van der Waals surface area contributed by atoms with Crippen LogP contribution in [0.25, 0.3) is 0 Å². The van der Waals surface area contributed by atoms with Crippen LogP contribution in [-0.4, -0.2) is 30.1 Å². The van der Waals surface area contributed by atoms with Crippen LogP contribution in [0.5, 0.6) is 0 Å². The lowest BCUT2D eigenvalue weighted by molar-refractivity contribution is 0.248. The summed E-state index contributed by atoms with van der Waals surface area (Å²) in [5, 5.41) is 9.32. The number of urea groups is 1. The molecule has 1 aromatic carbocycles. The van der Waals surface area contributed by atoms with Gasteiger partial charge in [-0.3, -0.25) is 0 Å². The molecule has 0 radical (unpaired) electrons. The molecule has 2 rings (SSSR count). The van der Waals surface area contributed by atoms with Crippen LogP contribution >= 0.6 is 11.8 Å². The summed E-state index contributed by atoms with van der Waals surface area (Å²) in [6, 6.07) is 8.55. The summed E-state index contributed by atoms with van der Waals surface area (Å²) in [6.45, 7) is 5.18. The molecule has 0 spiro atoms. The lowest BCUT2D eigenvalue weighted by Crippen LogP contribution is -2.40. The lowest BCUT2D eigenvalue weighted by atomic mass is 10.1. The number of hydrogen-bond donors (Lipinski definition) is 3. The largest absolute Gasteiger partial charge is 0.334 e. The average Bonchev–Trinajstić information content (AvgIpc) is 2.49. The van der Waals surface area contributed by atoms with Gasteiger partial charge in [0.25, 0.3) is 0 Å². The zero-order valence-electron chi connectivity index (χ0n) is 12.8. The minimum absolute atomic E-state index is 0.102. The van der Waals surface area contributed by atoms with E-state index in [4.69, 9.17) is 0 Å². The topological polar surface area (TPSA) is 53.2 Å². The molecule has 1 fully saturated rings. The number of carbonyl (C=O) groups is 1. The van der Waals surface area contributed by atoms with E-state index in [0.717, 1.165) is 24.4 Å². The fourth-order valence-electron chi connectivity index (χ4n) is 2.49. The summed E-state index contributed by atoms with van der Waals surface area (Å²) in [5.74, 6) is 2.23. The van der Waals surface area contributed by atoms with Crippen LogP contribution in [0.3, 0.4) is 0 Å². The Labute approximate surface area is 131 Å². The summed E-state index contributed by atoms with van der Waals surface area (Å²) in [4.78, 5) is 12.0. The van der Waals surface area contributed by atoms with E-state index in [1.165, 1.54) is 17.7 Å². The number of anilines is 1. The predicted molar refractivity (Wildman–Crippen MR) is 91.0 cm³/mol. The van der Waals surface area contributed by atoms with Crippen LogP contribution in [0.15, 0.2) is 24.3 Å². The van der Waals surface area contributed by atoms with Gasteiger partial charge in [-0.25, -0.2) is 4.79 Å². The first kappa shape index (κ1) is 16.2. The standard InChI is InChI=1S/C16H25N3OS/c1-3-17-12(2)13-6-8-14(9-7-13)18-16(20)19-15-5-4-10-21-11-15/h6-9,12,15,17H,3-5,10-11H2,1-2H3,(H2,18,19,20). The van der Waals surface area contributed by atoms with Gasteiger partial charge >= 0.3 is 6.03 Å². The third-order valence-corrected chi connectivity index (χ3v) is 4.89. The van der Waals surface area contributed by atoms with Gasteiger partial charge in [0, 0.05) is 23.5 Å². The van der Waals surface area contributed by atoms with Crippen molar-refractivity contribution in [2.45, 2.75) is 38.8 Å². The van der Waals surface area contributed by atoms with E-state index >= 15 is 0 Å². The predicted octanol–water partition coefficient (Wildman–Crippen LogP) is 3.37. The second-order valence-electron chi connectivity index (χ2n) is 5.41. The Balaban J connectivity index is 1.83. The highest BCUT2D eigenvalue weighted by Gasteiger charge is 2.15. The Kier molecular flexibility index (Phi) is 6.39. The van der Waals surface area contributed by atoms with Crippen molar-refractivity contribution in [2.24, 2.45) is 0 Å². The van der Waals surface area contributed by atoms with Crippen molar-refractivity contribution in [1.29, 1.82) is 0 Å². The Hall–Kier alpha value is -1.20. The van der Waals surface area contributed by atoms with Crippen LogP contribution in [-0.2, 0) is 0 Å². The smallest absolute Gasteiger partial charge is 0.319 e. The maximum absolute atomic E-state index is 12.0. The molecule has 0 saturated carbocycles. The minimum Gasteiger partial charge on any atom is -0.334 e. The molecule has 2 atom stereocenters. The molecule has 1 aromatic rings. The monoisotopic (exact) mass is 307 g/mol. The zero-order valence-corrected chi connectivity index (χ0v) is 13.6. The average molecular weight is 307 g/mol. The van der Waals surface area contributed by atoms with Crippen LogP contribution < -0.4 is 16.0 Å². The number of hydrogen-bond acceptors (Lipinski definition) is 3. The van der Waals surface area contributed by atoms with Crippen molar-refractivity contribution in [3.8, 4) is 0 Å². The number of benzene rings is 1. The fourth-order valence-corrected chi connectivity index (χ4v) is 3.56. The highest BCUT2D eigenvalue weighted by Crippen LogP contribution is 2.18. The molecule has 1 aliphatic rings. The first-order valence-corrected chi connectivity index (χ1v) is 8.83. The first-order chi connectivity index (χ1) is 10.2. The molecule has 1 saturated heterocycles. The summed E-state index contributed by atoms with van der Waals surface area (Å²) in [5.41, 5.74) is 2.06. The quantitative estimate of drug-likeness (QED) is 0.782. The van der Waals surface area contributed by atoms with Gasteiger partial charge in [0.2, 0.25) is 0 Å². The van der Waals surface area contributed by atoms with Crippen molar-refractivity contribution < 1.29 is 4.79 Å². The maximum Gasteiger partial charge on any atom is 0.319 e. The van der Waals surface area contributed by atoms with Gasteiger partial charge in [-0.2, -0.15) is 11.8 Å². The molecule has 116 valence electrons. The Morgan fingerprint density at radius 3 is 2.76 bits per heavy atom. The molecule has 2 unspecified atom stereocenters. The second-order valence-corrected chi connectivity index (χ2v) is 6.56. The molecule has 1 aliphatic heterocycles. The summed E-state index contributed by atoms with van der Waals surface area (Å²) in [6.07, 6.45) is 2.27. The highest BCUT2D eigenvalue weighted by molar-refractivity contribution is 7.99. The lowest BCUT2D eigenvalue weighted by Gasteiger charge is -2.22. The van der Waals surface area contributed by atoms with Crippen molar-refractivity contribution in [3.05, 3.63) is 29.8 Å². The second kappa shape index (κ2) is 8.29. The van der Waals surface area contributed by atoms with Crippen LogP contribution in [0.1, 0.15) is 38.3 Å². The molecular weight excluding hydrogens is 282 g/mol. The number of carbonyl (C=O) groups excluding carboxylic acids is 1. The zero-order chi connectivity index (χ0) is 15.1. The van der Waals surface area contributed by atoms with E-state index in [2.05, 4.69) is 41.9 Å². The molecule has 2 amide bonds. The van der Waals surface area contributed by atoms with Gasteiger partial charge < -0.3 is 16.0 Å². The van der Waals surface area contributed by atoms with E-state index in [0.29, 0.717) is 12.1 Å². The number of nitrogens with one attached hydrogen (secondary N) is 3. The Morgan fingerprint density at radius 2 is 2.14 bits per heavy atom. The molecule has 0 bridgehead atoms. The van der Waals surface area contributed by atoms with E-state index in [1.54, 1.807) is 0 Å². The van der Waals surface area contributed by atoms with E-state index < -0.39 is 0 Å². The maximum atomic E-state index is 12.0. The van der Waals surface area contributed by atoms with Crippen LogP contribution in [0.4, 0.5) is 10.5 Å². The molecule has 0 aromatic heterocycles. The van der Waals surface area contributed by atoms with Gasteiger partial charge in [-0.1, -0.05) is 19.1 Å². The van der Waals surface area contributed by atoms with E-state index in [9.17, 15) is 4.79 Å². The van der Waals surface area contributed by atoms with Crippen molar-refractivity contribution in [2.75, 3.05) is 23.4 Å². The molecule has 5 heteroatoms. The Bertz CT molecular complexity index is 443. The number of thioether (sulfide) groups is 1. The first-order valence-electron chi connectivity index (χ1n) is 7.67. The number of rotatable bonds is 5. The van der Waals surface area contributed by atoms with Gasteiger partial charge in [0.05, 0.1) is 0 Å². The van der Waals surface area contributed by atoms with E-state index in [1.807, 2.05) is 23.9 Å².